The molecule has 0 amide bonds. The van der Waals surface area contributed by atoms with Gasteiger partial charge >= 0.3 is 0 Å². The van der Waals surface area contributed by atoms with E-state index in [9.17, 15) is 4.79 Å². The molecule has 0 aliphatic heterocycles. The van der Waals surface area contributed by atoms with Crippen molar-refractivity contribution in [2.24, 2.45) is 0 Å². The minimum Gasteiger partial charge on any atom is -0.287 e. The average Bonchev–Trinajstić information content (AvgIpc) is 2.84. The van der Waals surface area contributed by atoms with E-state index in [1.165, 1.54) is 22.9 Å². The van der Waals surface area contributed by atoms with Gasteiger partial charge in [-0.25, -0.2) is 0 Å². The van der Waals surface area contributed by atoms with Crippen LogP contribution in [-0.4, -0.2) is 15.4 Å². The van der Waals surface area contributed by atoms with Gasteiger partial charge in [-0.05, 0) is 41.4 Å². The highest BCUT2D eigenvalue weighted by molar-refractivity contribution is 7.14. The van der Waals surface area contributed by atoms with Gasteiger partial charge in [-0.1, -0.05) is 18.3 Å². The zero-order valence-corrected chi connectivity index (χ0v) is 11.0. The number of hydrogen-bond donors (Lipinski definition) is 0. The minimum absolute atomic E-state index is 0.0613. The summed E-state index contributed by atoms with van der Waals surface area (Å²) < 4.78 is 3.88. The molecule has 0 fully saturated rings. The number of carbonyl (C=O) groups is 1. The molecule has 84 valence electrons. The van der Waals surface area contributed by atoms with Crippen LogP contribution in [0, 0.1) is 6.92 Å². The number of thiophene rings is 1. The Kier molecular flexibility index (Phi) is 3.16. The number of nitrogens with zero attached hydrogens (tertiary/aromatic N) is 2. The highest BCUT2D eigenvalue weighted by Crippen LogP contribution is 2.26. The Balaban J connectivity index is 2.42. The molecule has 0 aromatic carbocycles. The van der Waals surface area contributed by atoms with Crippen molar-refractivity contribution in [2.75, 3.05) is 0 Å². The molecule has 0 N–H and O–H groups in total. The van der Waals surface area contributed by atoms with Crippen LogP contribution in [0.4, 0.5) is 0 Å². The van der Waals surface area contributed by atoms with Crippen molar-refractivity contribution in [3.05, 3.63) is 32.5 Å². The highest BCUT2D eigenvalue weighted by Gasteiger charge is 2.21. The van der Waals surface area contributed by atoms with E-state index in [2.05, 4.69) is 9.59 Å². The SMILES string of the molecule is Cc1ccsc1C(=O)c1snnc1C(C)C. The molecule has 0 saturated heterocycles. The first-order valence-electron chi connectivity index (χ1n) is 5.02. The van der Waals surface area contributed by atoms with Crippen LogP contribution in [0.2, 0.25) is 0 Å². The van der Waals surface area contributed by atoms with Crippen LogP contribution >= 0.6 is 22.9 Å². The van der Waals surface area contributed by atoms with Gasteiger partial charge in [-0.3, -0.25) is 4.79 Å². The fourth-order valence-corrected chi connectivity index (χ4v) is 3.14. The summed E-state index contributed by atoms with van der Waals surface area (Å²) in [5.74, 6) is 0.296. The molecule has 2 aromatic heterocycles. The maximum Gasteiger partial charge on any atom is 0.216 e. The summed E-state index contributed by atoms with van der Waals surface area (Å²) >= 11 is 2.67. The Morgan fingerprint density at radius 1 is 1.38 bits per heavy atom. The fourth-order valence-electron chi connectivity index (χ4n) is 1.44. The van der Waals surface area contributed by atoms with E-state index in [4.69, 9.17) is 0 Å². The fraction of sp³-hybridized carbons (Fsp3) is 0.364. The molecule has 0 saturated carbocycles. The van der Waals surface area contributed by atoms with Crippen molar-refractivity contribution in [3.63, 3.8) is 0 Å². The molecule has 2 rings (SSSR count). The number of aryl methyl sites for hydroxylation is 1. The number of aromatic nitrogens is 2. The van der Waals surface area contributed by atoms with Crippen LogP contribution in [0.15, 0.2) is 11.4 Å². The lowest BCUT2D eigenvalue weighted by molar-refractivity contribution is 0.104. The van der Waals surface area contributed by atoms with Gasteiger partial charge in [-0.15, -0.1) is 16.4 Å². The van der Waals surface area contributed by atoms with E-state index in [-0.39, 0.29) is 11.7 Å². The molecule has 0 spiro atoms. The maximum absolute atomic E-state index is 12.3. The lowest BCUT2D eigenvalue weighted by Gasteiger charge is -2.02. The second kappa shape index (κ2) is 4.43. The lowest BCUT2D eigenvalue weighted by atomic mass is 10.1. The summed E-state index contributed by atoms with van der Waals surface area (Å²) in [5.41, 5.74) is 1.83. The van der Waals surface area contributed by atoms with Crippen LogP contribution in [0.1, 0.15) is 45.6 Å². The van der Waals surface area contributed by atoms with Gasteiger partial charge < -0.3 is 0 Å². The van der Waals surface area contributed by atoms with Crippen molar-refractivity contribution in [1.82, 2.24) is 9.59 Å². The standard InChI is InChI=1S/C11H12N2OS2/c1-6(2)8-11(16-13-12-8)9(14)10-7(3)4-5-15-10/h4-6H,1-3H3. The van der Waals surface area contributed by atoms with E-state index >= 15 is 0 Å². The topological polar surface area (TPSA) is 42.9 Å². The molecule has 0 aliphatic carbocycles. The summed E-state index contributed by atoms with van der Waals surface area (Å²) in [7, 11) is 0. The summed E-state index contributed by atoms with van der Waals surface area (Å²) in [6.45, 7) is 6.00. The highest BCUT2D eigenvalue weighted by atomic mass is 32.1. The summed E-state index contributed by atoms with van der Waals surface area (Å²) in [5, 5.41) is 5.97. The first-order chi connectivity index (χ1) is 7.61. The van der Waals surface area contributed by atoms with Crippen LogP contribution in [0.25, 0.3) is 0 Å². The molecule has 0 bridgehead atoms. The minimum atomic E-state index is 0.0613. The lowest BCUT2D eigenvalue weighted by Crippen LogP contribution is -2.03. The third kappa shape index (κ3) is 1.92. The van der Waals surface area contributed by atoms with Crippen LogP contribution in [0.5, 0.6) is 0 Å². The third-order valence-corrected chi connectivity index (χ3v) is 4.09. The molecule has 3 nitrogen and oxygen atoms in total. The molecule has 0 unspecified atom stereocenters. The zero-order chi connectivity index (χ0) is 11.7. The van der Waals surface area contributed by atoms with Gasteiger partial charge in [0.2, 0.25) is 5.78 Å². The van der Waals surface area contributed by atoms with E-state index in [0.29, 0.717) is 4.88 Å². The molecular weight excluding hydrogens is 240 g/mol. The van der Waals surface area contributed by atoms with Gasteiger partial charge in [0.1, 0.15) is 4.88 Å². The first-order valence-corrected chi connectivity index (χ1v) is 6.67. The molecule has 2 aromatic rings. The first kappa shape index (κ1) is 11.4. The summed E-state index contributed by atoms with van der Waals surface area (Å²) in [6.07, 6.45) is 0. The second-order valence-electron chi connectivity index (χ2n) is 3.90. The van der Waals surface area contributed by atoms with Crippen molar-refractivity contribution < 1.29 is 4.79 Å². The summed E-state index contributed by atoms with van der Waals surface area (Å²) in [4.78, 5) is 13.7. The molecule has 5 heteroatoms. The van der Waals surface area contributed by atoms with Crippen LogP contribution in [-0.2, 0) is 0 Å². The number of carbonyl (C=O) groups excluding carboxylic acids is 1. The van der Waals surface area contributed by atoms with Gasteiger partial charge in [0, 0.05) is 0 Å². The molecular formula is C11H12N2OS2. The van der Waals surface area contributed by atoms with Gasteiger partial charge in [0.25, 0.3) is 0 Å². The van der Waals surface area contributed by atoms with Crippen molar-refractivity contribution in [3.8, 4) is 0 Å². The summed E-state index contributed by atoms with van der Waals surface area (Å²) in [6, 6.07) is 1.96. The van der Waals surface area contributed by atoms with E-state index in [0.717, 1.165) is 16.1 Å². The number of ketones is 1. The van der Waals surface area contributed by atoms with Crippen molar-refractivity contribution >= 4 is 28.7 Å². The van der Waals surface area contributed by atoms with Gasteiger partial charge in [0.05, 0.1) is 10.6 Å². The Labute approximate surface area is 102 Å². The Morgan fingerprint density at radius 2 is 2.12 bits per heavy atom. The quantitative estimate of drug-likeness (QED) is 0.787. The van der Waals surface area contributed by atoms with Crippen molar-refractivity contribution in [2.45, 2.75) is 26.7 Å². The third-order valence-electron chi connectivity index (χ3n) is 2.33. The van der Waals surface area contributed by atoms with E-state index in [1.54, 1.807) is 0 Å². The number of rotatable bonds is 3. The number of hydrogen-bond acceptors (Lipinski definition) is 5. The zero-order valence-electron chi connectivity index (χ0n) is 9.35. The predicted molar refractivity (Wildman–Crippen MR) is 66.5 cm³/mol. The monoisotopic (exact) mass is 252 g/mol. The Morgan fingerprint density at radius 3 is 2.69 bits per heavy atom. The van der Waals surface area contributed by atoms with E-state index < -0.39 is 0 Å². The second-order valence-corrected chi connectivity index (χ2v) is 5.57. The molecule has 2 heterocycles. The molecule has 16 heavy (non-hydrogen) atoms. The molecule has 0 radical (unpaired) electrons. The van der Waals surface area contributed by atoms with Gasteiger partial charge in [-0.2, -0.15) is 0 Å². The van der Waals surface area contributed by atoms with Crippen molar-refractivity contribution in [1.29, 1.82) is 0 Å². The Hall–Kier alpha value is -1.07. The van der Waals surface area contributed by atoms with Crippen LogP contribution < -0.4 is 0 Å². The molecule has 0 atom stereocenters. The predicted octanol–water partition coefficient (Wildman–Crippen LogP) is 3.26. The van der Waals surface area contributed by atoms with Crippen LogP contribution in [0.3, 0.4) is 0 Å². The maximum atomic E-state index is 12.3. The largest absolute Gasteiger partial charge is 0.287 e. The normalized spacial score (nSPS) is 11.0. The average molecular weight is 252 g/mol. The molecule has 0 aliphatic rings. The van der Waals surface area contributed by atoms with Gasteiger partial charge in [0.15, 0.2) is 0 Å². The van der Waals surface area contributed by atoms with E-state index in [1.807, 2.05) is 32.2 Å². The Bertz CT molecular complexity index is 514. The smallest absolute Gasteiger partial charge is 0.216 e.